The van der Waals surface area contributed by atoms with Gasteiger partial charge in [0, 0.05) is 6.08 Å². The standard InChI is InChI=1S/C15H19N3O3/c1-3-11(20)5-4-10(2)18-14-9-15(21-7-6-19)13(17)8-12(14)16/h3-5,8-9,16,19-20H,2,6-7,17H2,1H3/b5-4-,11-3+,16-12?,18-14?. The average Bonchev–Trinajstić information content (AvgIpc) is 2.46. The smallest absolute Gasteiger partial charge is 0.144 e. The Labute approximate surface area is 123 Å². The Kier molecular flexibility index (Phi) is 6.16. The minimum absolute atomic E-state index is 0.0988. The number of ether oxygens (including phenoxy) is 1. The molecule has 0 radical (unpaired) electrons. The largest absolute Gasteiger partial charge is 0.508 e. The second-order valence-corrected chi connectivity index (χ2v) is 4.13. The highest BCUT2D eigenvalue weighted by Crippen LogP contribution is 2.14. The van der Waals surface area contributed by atoms with Crippen molar-refractivity contribution < 1.29 is 14.9 Å². The average molecular weight is 289 g/mol. The van der Waals surface area contributed by atoms with Gasteiger partial charge >= 0.3 is 0 Å². The van der Waals surface area contributed by atoms with Gasteiger partial charge in [-0.15, -0.1) is 0 Å². The molecule has 0 amide bonds. The molecule has 0 aromatic carbocycles. The normalized spacial score (nSPS) is 17.9. The van der Waals surface area contributed by atoms with E-state index in [0.29, 0.717) is 22.9 Å². The van der Waals surface area contributed by atoms with Gasteiger partial charge in [0.15, 0.2) is 0 Å². The molecule has 0 spiro atoms. The SMILES string of the molecule is C=C(/C=C\C(O)=C/C)N=C1C=C(OCCO)C(N)=CC1=N. The summed E-state index contributed by atoms with van der Waals surface area (Å²) in [4.78, 5) is 4.17. The highest BCUT2D eigenvalue weighted by Gasteiger charge is 2.15. The van der Waals surface area contributed by atoms with Crippen LogP contribution in [0, 0.1) is 5.41 Å². The van der Waals surface area contributed by atoms with E-state index < -0.39 is 0 Å². The molecule has 0 atom stereocenters. The van der Waals surface area contributed by atoms with Gasteiger partial charge in [-0.2, -0.15) is 0 Å². The molecule has 0 aliphatic heterocycles. The fourth-order valence-electron chi connectivity index (χ4n) is 1.43. The van der Waals surface area contributed by atoms with Crippen LogP contribution in [-0.2, 0) is 4.74 Å². The van der Waals surface area contributed by atoms with Crippen LogP contribution in [0.4, 0.5) is 0 Å². The van der Waals surface area contributed by atoms with Gasteiger partial charge < -0.3 is 20.7 Å². The number of aliphatic imine (C=N–C) groups is 1. The van der Waals surface area contributed by atoms with Crippen LogP contribution in [0.1, 0.15) is 6.92 Å². The minimum Gasteiger partial charge on any atom is -0.508 e. The van der Waals surface area contributed by atoms with Crippen LogP contribution in [-0.4, -0.2) is 34.9 Å². The van der Waals surface area contributed by atoms with Gasteiger partial charge in [-0.05, 0) is 31.2 Å². The molecule has 5 N–H and O–H groups in total. The van der Waals surface area contributed by atoms with Crippen LogP contribution >= 0.6 is 0 Å². The molecule has 0 saturated carbocycles. The lowest BCUT2D eigenvalue weighted by molar-refractivity contribution is 0.149. The summed E-state index contributed by atoms with van der Waals surface area (Å²) in [6.45, 7) is 5.40. The molecule has 0 aromatic rings. The van der Waals surface area contributed by atoms with Crippen molar-refractivity contribution in [2.45, 2.75) is 6.92 Å². The van der Waals surface area contributed by atoms with Crippen molar-refractivity contribution in [3.63, 3.8) is 0 Å². The van der Waals surface area contributed by atoms with Crippen molar-refractivity contribution >= 4 is 11.4 Å². The lowest BCUT2D eigenvalue weighted by Gasteiger charge is -2.15. The maximum absolute atomic E-state index is 9.30. The molecule has 1 aliphatic carbocycles. The fourth-order valence-corrected chi connectivity index (χ4v) is 1.43. The van der Waals surface area contributed by atoms with Crippen molar-refractivity contribution in [3.8, 4) is 0 Å². The first-order valence-corrected chi connectivity index (χ1v) is 6.30. The number of allylic oxidation sites excluding steroid dienone is 5. The summed E-state index contributed by atoms with van der Waals surface area (Å²) >= 11 is 0. The summed E-state index contributed by atoms with van der Waals surface area (Å²) in [5, 5.41) is 25.9. The van der Waals surface area contributed by atoms with Crippen molar-refractivity contribution in [2.24, 2.45) is 10.7 Å². The zero-order valence-corrected chi connectivity index (χ0v) is 11.8. The van der Waals surface area contributed by atoms with Crippen molar-refractivity contribution in [1.82, 2.24) is 0 Å². The summed E-state index contributed by atoms with van der Waals surface area (Å²) < 4.78 is 5.26. The fraction of sp³-hybridized carbons (Fsp3) is 0.200. The maximum atomic E-state index is 9.30. The third-order valence-electron chi connectivity index (χ3n) is 2.48. The van der Waals surface area contributed by atoms with Crippen molar-refractivity contribution in [3.05, 3.63) is 59.9 Å². The summed E-state index contributed by atoms with van der Waals surface area (Å²) in [6.07, 6.45) is 7.45. The molecule has 0 heterocycles. The monoisotopic (exact) mass is 289 g/mol. The van der Waals surface area contributed by atoms with Gasteiger partial charge in [0.2, 0.25) is 0 Å². The van der Waals surface area contributed by atoms with Gasteiger partial charge in [-0.1, -0.05) is 6.58 Å². The van der Waals surface area contributed by atoms with Crippen LogP contribution in [0.5, 0.6) is 0 Å². The molecule has 6 heteroatoms. The highest BCUT2D eigenvalue weighted by atomic mass is 16.5. The molecule has 0 bridgehead atoms. The van der Waals surface area contributed by atoms with Gasteiger partial charge in [0.25, 0.3) is 0 Å². The summed E-state index contributed by atoms with van der Waals surface area (Å²) in [5.41, 5.74) is 6.88. The summed E-state index contributed by atoms with van der Waals surface area (Å²) in [7, 11) is 0. The Morgan fingerprint density at radius 2 is 2.19 bits per heavy atom. The minimum atomic E-state index is -0.132. The van der Waals surface area contributed by atoms with Crippen LogP contribution in [0.25, 0.3) is 0 Å². The van der Waals surface area contributed by atoms with E-state index in [1.807, 2.05) is 0 Å². The van der Waals surface area contributed by atoms with Crippen LogP contribution in [0.2, 0.25) is 0 Å². The molecule has 112 valence electrons. The molecule has 0 fully saturated rings. The molecule has 0 unspecified atom stereocenters. The number of hydrogen-bond donors (Lipinski definition) is 4. The summed E-state index contributed by atoms with van der Waals surface area (Å²) in [6, 6.07) is 0. The second kappa shape index (κ2) is 7.86. The first-order chi connectivity index (χ1) is 9.97. The highest BCUT2D eigenvalue weighted by molar-refractivity contribution is 6.50. The van der Waals surface area contributed by atoms with Gasteiger partial charge in [0.1, 0.15) is 18.1 Å². The Morgan fingerprint density at radius 3 is 2.81 bits per heavy atom. The van der Waals surface area contributed by atoms with E-state index in [2.05, 4.69) is 11.6 Å². The van der Waals surface area contributed by atoms with Crippen molar-refractivity contribution in [1.29, 1.82) is 5.41 Å². The second-order valence-electron chi connectivity index (χ2n) is 4.13. The third kappa shape index (κ3) is 5.12. The number of nitrogens with two attached hydrogens (primary N) is 1. The first-order valence-electron chi connectivity index (χ1n) is 6.30. The van der Waals surface area contributed by atoms with Crippen molar-refractivity contribution in [2.75, 3.05) is 13.2 Å². The summed E-state index contributed by atoms with van der Waals surface area (Å²) in [5.74, 6) is 0.452. The van der Waals surface area contributed by atoms with E-state index in [1.54, 1.807) is 6.92 Å². The number of aliphatic hydroxyl groups excluding tert-OH is 2. The predicted octanol–water partition coefficient (Wildman–Crippen LogP) is 1.73. The quantitative estimate of drug-likeness (QED) is 0.339. The predicted molar refractivity (Wildman–Crippen MR) is 83.2 cm³/mol. The Bertz CT molecular complexity index is 581. The number of nitrogens with zero attached hydrogens (tertiary/aromatic N) is 1. The Balaban J connectivity index is 2.92. The molecule has 0 aromatic heterocycles. The zero-order valence-electron chi connectivity index (χ0n) is 11.8. The van der Waals surface area contributed by atoms with Gasteiger partial charge in [0.05, 0.1) is 29.4 Å². The molecule has 1 rings (SSSR count). The lowest BCUT2D eigenvalue weighted by atomic mass is 10.1. The van der Waals surface area contributed by atoms with Crippen LogP contribution in [0.15, 0.2) is 64.9 Å². The molecule has 1 aliphatic rings. The number of aliphatic hydroxyl groups is 2. The molecular weight excluding hydrogens is 270 g/mol. The number of rotatable bonds is 6. The van der Waals surface area contributed by atoms with Crippen LogP contribution in [0.3, 0.4) is 0 Å². The topological polar surface area (TPSA) is 112 Å². The Hall–Kier alpha value is -2.60. The molecule has 6 nitrogen and oxygen atoms in total. The van der Waals surface area contributed by atoms with E-state index >= 15 is 0 Å². The van der Waals surface area contributed by atoms with E-state index in [0.717, 1.165) is 0 Å². The third-order valence-corrected chi connectivity index (χ3v) is 2.48. The molecular formula is C15H19N3O3. The van der Waals surface area contributed by atoms with Crippen LogP contribution < -0.4 is 5.73 Å². The number of hydrogen-bond acceptors (Lipinski definition) is 6. The van der Waals surface area contributed by atoms with E-state index in [4.69, 9.17) is 21.0 Å². The molecule has 0 saturated heterocycles. The van der Waals surface area contributed by atoms with Gasteiger partial charge in [-0.25, -0.2) is 4.99 Å². The lowest BCUT2D eigenvalue weighted by Crippen LogP contribution is -2.20. The number of nitrogens with one attached hydrogen (secondary N) is 1. The van der Waals surface area contributed by atoms with E-state index in [9.17, 15) is 5.11 Å². The van der Waals surface area contributed by atoms with E-state index in [-0.39, 0.29) is 24.7 Å². The zero-order chi connectivity index (χ0) is 15.8. The first kappa shape index (κ1) is 16.5. The maximum Gasteiger partial charge on any atom is 0.144 e. The van der Waals surface area contributed by atoms with E-state index in [1.165, 1.54) is 30.4 Å². The Morgan fingerprint density at radius 1 is 1.48 bits per heavy atom. The molecule has 21 heavy (non-hydrogen) atoms. The van der Waals surface area contributed by atoms with Gasteiger partial charge in [-0.3, -0.25) is 5.41 Å².